The average Bonchev–Trinajstić information content (AvgIpc) is 2.30. The van der Waals surface area contributed by atoms with Crippen LogP contribution in [0.15, 0.2) is 29.8 Å². The minimum absolute atomic E-state index is 0.348. The lowest BCUT2D eigenvalue weighted by molar-refractivity contribution is -0.114. The first-order valence-corrected chi connectivity index (χ1v) is 5.30. The minimum Gasteiger partial charge on any atom is -0.462 e. The van der Waals surface area contributed by atoms with Crippen molar-refractivity contribution in [3.8, 4) is 0 Å². The molecule has 0 atom stereocenters. The van der Waals surface area contributed by atoms with Gasteiger partial charge in [-0.1, -0.05) is 12.1 Å². The maximum Gasteiger partial charge on any atom is 0.338 e. The zero-order valence-corrected chi connectivity index (χ0v) is 9.90. The van der Waals surface area contributed by atoms with Gasteiger partial charge in [-0.25, -0.2) is 4.79 Å². The molecule has 4 heteroatoms. The molecule has 1 rings (SSSR count). The van der Waals surface area contributed by atoms with Crippen molar-refractivity contribution in [1.82, 2.24) is 0 Å². The van der Waals surface area contributed by atoms with Crippen molar-refractivity contribution in [1.29, 1.82) is 0 Å². The van der Waals surface area contributed by atoms with Crippen LogP contribution in [0, 0.1) is 0 Å². The van der Waals surface area contributed by atoms with Gasteiger partial charge in [0.05, 0.1) is 12.2 Å². The number of hydrogen-bond donors (Lipinski definition) is 1. The van der Waals surface area contributed by atoms with Crippen LogP contribution in [-0.2, 0) is 9.53 Å². The molecule has 0 aliphatic carbocycles. The molecule has 1 aromatic rings. The van der Waals surface area contributed by atoms with Crippen LogP contribution >= 0.6 is 0 Å². The fourth-order valence-corrected chi connectivity index (χ4v) is 1.25. The molecule has 17 heavy (non-hydrogen) atoms. The Morgan fingerprint density at radius 2 is 1.88 bits per heavy atom. The number of hydrogen-bond acceptors (Lipinski definition) is 3. The van der Waals surface area contributed by atoms with Gasteiger partial charge in [0.1, 0.15) is 0 Å². The molecule has 0 aliphatic heterocycles. The van der Waals surface area contributed by atoms with E-state index in [4.69, 9.17) is 10.5 Å². The lowest BCUT2D eigenvalue weighted by Crippen LogP contribution is -2.11. The van der Waals surface area contributed by atoms with Crippen molar-refractivity contribution in [2.75, 3.05) is 6.61 Å². The first-order chi connectivity index (χ1) is 8.04. The molecule has 0 heterocycles. The molecule has 2 N–H and O–H groups in total. The van der Waals surface area contributed by atoms with Gasteiger partial charge in [0.2, 0.25) is 5.91 Å². The summed E-state index contributed by atoms with van der Waals surface area (Å²) in [6.07, 6.45) is 1.66. The predicted molar refractivity (Wildman–Crippen MR) is 65.2 cm³/mol. The fraction of sp³-hybridized carbons (Fsp3) is 0.231. The highest BCUT2D eigenvalue weighted by atomic mass is 16.5. The molecule has 0 saturated carbocycles. The Morgan fingerprint density at radius 3 is 2.35 bits per heavy atom. The van der Waals surface area contributed by atoms with Gasteiger partial charge in [0.25, 0.3) is 0 Å². The van der Waals surface area contributed by atoms with Crippen LogP contribution in [0.3, 0.4) is 0 Å². The molecule has 0 unspecified atom stereocenters. The van der Waals surface area contributed by atoms with E-state index in [1.807, 2.05) is 0 Å². The SMILES string of the molecule is CCOC(=O)c1ccc(C=C(C)C(N)=O)cc1. The Morgan fingerprint density at radius 1 is 1.29 bits per heavy atom. The van der Waals surface area contributed by atoms with Gasteiger partial charge in [0, 0.05) is 5.57 Å². The number of rotatable bonds is 4. The molecular formula is C13H15NO3. The lowest BCUT2D eigenvalue weighted by atomic mass is 10.1. The number of nitrogens with two attached hydrogens (primary N) is 1. The summed E-state index contributed by atoms with van der Waals surface area (Å²) in [4.78, 5) is 22.2. The zero-order chi connectivity index (χ0) is 12.8. The highest BCUT2D eigenvalue weighted by Crippen LogP contribution is 2.09. The van der Waals surface area contributed by atoms with Crippen molar-refractivity contribution in [3.05, 3.63) is 41.0 Å². The number of carbonyl (C=O) groups excluding carboxylic acids is 2. The van der Waals surface area contributed by atoms with Gasteiger partial charge < -0.3 is 10.5 Å². The molecule has 0 aliphatic rings. The van der Waals surface area contributed by atoms with Crippen LogP contribution in [0.2, 0.25) is 0 Å². The molecule has 0 radical (unpaired) electrons. The Balaban J connectivity index is 2.85. The first-order valence-electron chi connectivity index (χ1n) is 5.30. The Bertz CT molecular complexity index is 446. The molecule has 1 amide bonds. The molecule has 0 fully saturated rings. The highest BCUT2D eigenvalue weighted by molar-refractivity contribution is 5.96. The first kappa shape index (κ1) is 13.0. The third kappa shape index (κ3) is 3.75. The summed E-state index contributed by atoms with van der Waals surface area (Å²) in [6, 6.07) is 6.77. The second kappa shape index (κ2) is 5.84. The quantitative estimate of drug-likeness (QED) is 0.636. The van der Waals surface area contributed by atoms with Crippen molar-refractivity contribution in [3.63, 3.8) is 0 Å². The average molecular weight is 233 g/mol. The third-order valence-electron chi connectivity index (χ3n) is 2.19. The van der Waals surface area contributed by atoms with Crippen molar-refractivity contribution in [2.24, 2.45) is 5.73 Å². The normalized spacial score (nSPS) is 11.1. The van der Waals surface area contributed by atoms with Crippen molar-refractivity contribution < 1.29 is 14.3 Å². The minimum atomic E-state index is -0.459. The Labute approximate surface area is 100 Å². The van der Waals surface area contributed by atoms with E-state index in [0.717, 1.165) is 5.56 Å². The summed E-state index contributed by atoms with van der Waals surface area (Å²) in [6.45, 7) is 3.74. The van der Waals surface area contributed by atoms with E-state index in [-0.39, 0.29) is 5.97 Å². The molecule has 4 nitrogen and oxygen atoms in total. The molecular weight excluding hydrogens is 218 g/mol. The highest BCUT2D eigenvalue weighted by Gasteiger charge is 2.05. The van der Waals surface area contributed by atoms with Gasteiger partial charge >= 0.3 is 5.97 Å². The summed E-state index contributed by atoms with van der Waals surface area (Å²) in [5.74, 6) is -0.811. The van der Waals surface area contributed by atoms with E-state index in [2.05, 4.69) is 0 Å². The number of benzene rings is 1. The zero-order valence-electron chi connectivity index (χ0n) is 9.90. The topological polar surface area (TPSA) is 69.4 Å². The molecule has 0 bridgehead atoms. The van der Waals surface area contributed by atoms with Crippen LogP contribution < -0.4 is 5.73 Å². The summed E-state index contributed by atoms with van der Waals surface area (Å²) in [5.41, 5.74) is 6.89. The summed E-state index contributed by atoms with van der Waals surface area (Å²) in [5, 5.41) is 0. The molecule has 0 saturated heterocycles. The number of primary amides is 1. The number of ether oxygens (including phenoxy) is 1. The van der Waals surface area contributed by atoms with E-state index < -0.39 is 5.91 Å². The van der Waals surface area contributed by atoms with Gasteiger partial charge in [-0.3, -0.25) is 4.79 Å². The maximum atomic E-state index is 11.4. The lowest BCUT2D eigenvalue weighted by Gasteiger charge is -2.02. The second-order valence-corrected chi connectivity index (χ2v) is 3.53. The van der Waals surface area contributed by atoms with E-state index >= 15 is 0 Å². The molecule has 1 aromatic carbocycles. The standard InChI is InChI=1S/C13H15NO3/c1-3-17-13(16)11-6-4-10(5-7-11)8-9(2)12(14)15/h4-8H,3H2,1-2H3,(H2,14,15). The maximum absolute atomic E-state index is 11.4. The van der Waals surface area contributed by atoms with E-state index in [1.54, 1.807) is 44.2 Å². The largest absolute Gasteiger partial charge is 0.462 e. The van der Waals surface area contributed by atoms with Crippen LogP contribution in [0.4, 0.5) is 0 Å². The summed E-state index contributed by atoms with van der Waals surface area (Å²) < 4.78 is 4.86. The van der Waals surface area contributed by atoms with Gasteiger partial charge in [-0.2, -0.15) is 0 Å². The monoisotopic (exact) mass is 233 g/mol. The van der Waals surface area contributed by atoms with Crippen LogP contribution in [0.1, 0.15) is 29.8 Å². The number of esters is 1. The van der Waals surface area contributed by atoms with E-state index in [0.29, 0.717) is 17.7 Å². The third-order valence-corrected chi connectivity index (χ3v) is 2.19. The summed E-state index contributed by atoms with van der Waals surface area (Å²) >= 11 is 0. The van der Waals surface area contributed by atoms with E-state index in [9.17, 15) is 9.59 Å². The molecule has 90 valence electrons. The second-order valence-electron chi connectivity index (χ2n) is 3.53. The van der Waals surface area contributed by atoms with Crippen LogP contribution in [-0.4, -0.2) is 18.5 Å². The van der Waals surface area contributed by atoms with Crippen LogP contribution in [0.5, 0.6) is 0 Å². The van der Waals surface area contributed by atoms with Gasteiger partial charge in [0.15, 0.2) is 0 Å². The van der Waals surface area contributed by atoms with Gasteiger partial charge in [-0.05, 0) is 37.6 Å². The number of carbonyl (C=O) groups is 2. The smallest absolute Gasteiger partial charge is 0.338 e. The number of amides is 1. The Kier molecular flexibility index (Phi) is 4.46. The predicted octanol–water partition coefficient (Wildman–Crippen LogP) is 1.75. The molecule has 0 aromatic heterocycles. The summed E-state index contributed by atoms with van der Waals surface area (Å²) in [7, 11) is 0. The van der Waals surface area contributed by atoms with Crippen molar-refractivity contribution in [2.45, 2.75) is 13.8 Å². The van der Waals surface area contributed by atoms with Crippen LogP contribution in [0.25, 0.3) is 6.08 Å². The Hall–Kier alpha value is -2.10. The van der Waals surface area contributed by atoms with Crippen molar-refractivity contribution >= 4 is 18.0 Å². The van der Waals surface area contributed by atoms with E-state index in [1.165, 1.54) is 0 Å². The van der Waals surface area contributed by atoms with Gasteiger partial charge in [-0.15, -0.1) is 0 Å². The molecule has 0 spiro atoms. The fourth-order valence-electron chi connectivity index (χ4n) is 1.25.